The maximum absolute atomic E-state index is 11.9. The summed E-state index contributed by atoms with van der Waals surface area (Å²) in [5.74, 6) is 0.602. The third kappa shape index (κ3) is 5.49. The molecule has 1 amide bonds. The second-order valence-corrected chi connectivity index (χ2v) is 7.10. The lowest BCUT2D eigenvalue weighted by Gasteiger charge is -2.31. The van der Waals surface area contributed by atoms with Crippen LogP contribution >= 0.6 is 0 Å². The molecule has 2 rings (SSSR count). The van der Waals surface area contributed by atoms with E-state index in [0.29, 0.717) is 18.9 Å². The quantitative estimate of drug-likeness (QED) is 0.803. The number of piperidine rings is 1. The normalized spacial score (nSPS) is 17.5. The Labute approximate surface area is 145 Å². The number of amides is 1. The largest absolute Gasteiger partial charge is 0.396 e. The Morgan fingerprint density at radius 3 is 2.62 bits per heavy atom. The van der Waals surface area contributed by atoms with Crippen molar-refractivity contribution in [1.82, 2.24) is 9.80 Å². The Kier molecular flexibility index (Phi) is 7.06. The molecule has 1 heterocycles. The third-order valence-corrected chi connectivity index (χ3v) is 4.76. The topological polar surface area (TPSA) is 55.8 Å². The van der Waals surface area contributed by atoms with Crippen molar-refractivity contribution in [2.24, 2.45) is 5.92 Å². The molecule has 0 aromatic heterocycles. The number of hydrogen-bond acceptors (Lipinski definition) is 4. The second-order valence-electron chi connectivity index (χ2n) is 7.10. The van der Waals surface area contributed by atoms with E-state index in [4.69, 9.17) is 0 Å². The van der Waals surface area contributed by atoms with Gasteiger partial charge in [0, 0.05) is 45.4 Å². The SMILES string of the molecule is CC(CC(=O)N(C)C)Nc1ccccc1CN1CCC(CO)CC1. The molecule has 5 nitrogen and oxygen atoms in total. The number of carbonyl (C=O) groups excluding carboxylic acids is 1. The summed E-state index contributed by atoms with van der Waals surface area (Å²) in [5.41, 5.74) is 2.38. The Morgan fingerprint density at radius 2 is 2.00 bits per heavy atom. The van der Waals surface area contributed by atoms with Gasteiger partial charge in [-0.1, -0.05) is 18.2 Å². The molecule has 0 radical (unpaired) electrons. The molecular weight excluding hydrogens is 302 g/mol. The number of anilines is 1. The Morgan fingerprint density at radius 1 is 1.33 bits per heavy atom. The Balaban J connectivity index is 1.93. The molecule has 0 saturated carbocycles. The van der Waals surface area contributed by atoms with Crippen LogP contribution in [0.4, 0.5) is 5.69 Å². The van der Waals surface area contributed by atoms with E-state index in [1.807, 2.05) is 13.0 Å². The predicted octanol–water partition coefficient (Wildman–Crippen LogP) is 2.17. The fraction of sp³-hybridized carbons (Fsp3) is 0.632. The molecule has 1 aliphatic heterocycles. The number of aliphatic hydroxyl groups is 1. The maximum Gasteiger partial charge on any atom is 0.224 e. The van der Waals surface area contributed by atoms with Crippen LogP contribution in [-0.2, 0) is 11.3 Å². The molecule has 0 bridgehead atoms. The molecular formula is C19H31N3O2. The molecule has 1 fully saturated rings. The first-order valence-corrected chi connectivity index (χ1v) is 8.87. The second kappa shape index (κ2) is 9.04. The van der Waals surface area contributed by atoms with E-state index in [2.05, 4.69) is 28.4 Å². The molecule has 1 unspecified atom stereocenters. The molecule has 1 aromatic carbocycles. The highest BCUT2D eigenvalue weighted by molar-refractivity contribution is 5.76. The van der Waals surface area contributed by atoms with Crippen LogP contribution in [0.15, 0.2) is 24.3 Å². The van der Waals surface area contributed by atoms with Gasteiger partial charge in [0.2, 0.25) is 5.91 Å². The zero-order valence-electron chi connectivity index (χ0n) is 15.2. The van der Waals surface area contributed by atoms with Crippen molar-refractivity contribution >= 4 is 11.6 Å². The van der Waals surface area contributed by atoms with Gasteiger partial charge in [0.05, 0.1) is 0 Å². The molecule has 0 spiro atoms. The van der Waals surface area contributed by atoms with Crippen molar-refractivity contribution in [2.75, 3.05) is 39.1 Å². The lowest BCUT2D eigenvalue weighted by Crippen LogP contribution is -2.34. The summed E-state index contributed by atoms with van der Waals surface area (Å²) >= 11 is 0. The smallest absolute Gasteiger partial charge is 0.224 e. The van der Waals surface area contributed by atoms with Crippen LogP contribution in [0.1, 0.15) is 31.7 Å². The van der Waals surface area contributed by atoms with Gasteiger partial charge in [-0.2, -0.15) is 0 Å². The van der Waals surface area contributed by atoms with Gasteiger partial charge >= 0.3 is 0 Å². The summed E-state index contributed by atoms with van der Waals surface area (Å²) in [6.45, 7) is 5.34. The highest BCUT2D eigenvalue weighted by atomic mass is 16.3. The Hall–Kier alpha value is -1.59. The number of likely N-dealkylation sites (tertiary alicyclic amines) is 1. The van der Waals surface area contributed by atoms with Crippen LogP contribution in [0, 0.1) is 5.92 Å². The number of carbonyl (C=O) groups is 1. The number of aliphatic hydroxyl groups excluding tert-OH is 1. The standard InChI is InChI=1S/C19H31N3O2/c1-15(12-19(24)21(2)3)20-18-7-5-4-6-17(18)13-22-10-8-16(14-23)9-11-22/h4-7,15-16,20,23H,8-14H2,1-3H3. The van der Waals surface area contributed by atoms with E-state index >= 15 is 0 Å². The molecule has 1 saturated heterocycles. The van der Waals surface area contributed by atoms with Gasteiger partial charge in [0.1, 0.15) is 0 Å². The first-order chi connectivity index (χ1) is 11.5. The van der Waals surface area contributed by atoms with Crippen molar-refractivity contribution in [3.8, 4) is 0 Å². The summed E-state index contributed by atoms with van der Waals surface area (Å²) in [7, 11) is 3.58. The number of hydrogen-bond donors (Lipinski definition) is 2. The molecule has 0 aliphatic carbocycles. The summed E-state index contributed by atoms with van der Waals surface area (Å²) in [4.78, 5) is 15.9. The van der Waals surface area contributed by atoms with E-state index < -0.39 is 0 Å². The molecule has 1 aromatic rings. The maximum atomic E-state index is 11.9. The molecule has 24 heavy (non-hydrogen) atoms. The van der Waals surface area contributed by atoms with Gasteiger partial charge < -0.3 is 15.3 Å². The molecule has 1 atom stereocenters. The fourth-order valence-electron chi connectivity index (χ4n) is 3.13. The van der Waals surface area contributed by atoms with Gasteiger partial charge in [-0.05, 0) is 50.4 Å². The first kappa shape index (κ1) is 18.7. The number of nitrogens with zero attached hydrogens (tertiary/aromatic N) is 2. The van der Waals surface area contributed by atoms with Gasteiger partial charge in [-0.3, -0.25) is 9.69 Å². The molecule has 5 heteroatoms. The summed E-state index contributed by atoms with van der Waals surface area (Å²) in [6, 6.07) is 8.44. The van der Waals surface area contributed by atoms with E-state index in [9.17, 15) is 9.90 Å². The minimum Gasteiger partial charge on any atom is -0.396 e. The van der Waals surface area contributed by atoms with Crippen molar-refractivity contribution in [3.63, 3.8) is 0 Å². The number of benzene rings is 1. The van der Waals surface area contributed by atoms with Gasteiger partial charge in [-0.25, -0.2) is 0 Å². The Bertz CT molecular complexity index is 525. The van der Waals surface area contributed by atoms with Crippen molar-refractivity contribution in [3.05, 3.63) is 29.8 Å². The van der Waals surface area contributed by atoms with Gasteiger partial charge in [0.25, 0.3) is 0 Å². The highest BCUT2D eigenvalue weighted by Gasteiger charge is 2.19. The lowest BCUT2D eigenvalue weighted by molar-refractivity contribution is -0.128. The lowest BCUT2D eigenvalue weighted by atomic mass is 9.97. The zero-order valence-corrected chi connectivity index (χ0v) is 15.2. The van der Waals surface area contributed by atoms with Gasteiger partial charge in [-0.15, -0.1) is 0 Å². The number of nitrogens with one attached hydrogen (secondary N) is 1. The van der Waals surface area contributed by atoms with Crippen molar-refractivity contribution in [1.29, 1.82) is 0 Å². The van der Waals surface area contributed by atoms with Crippen LogP contribution < -0.4 is 5.32 Å². The van der Waals surface area contributed by atoms with Crippen LogP contribution in [0.25, 0.3) is 0 Å². The van der Waals surface area contributed by atoms with Crippen LogP contribution in [0.5, 0.6) is 0 Å². The summed E-state index contributed by atoms with van der Waals surface area (Å²) in [5, 5.41) is 12.8. The monoisotopic (exact) mass is 333 g/mol. The minimum atomic E-state index is 0.0983. The highest BCUT2D eigenvalue weighted by Crippen LogP contribution is 2.23. The zero-order chi connectivity index (χ0) is 17.5. The van der Waals surface area contributed by atoms with Crippen LogP contribution in [-0.4, -0.2) is 60.6 Å². The van der Waals surface area contributed by atoms with E-state index in [1.165, 1.54) is 5.56 Å². The number of para-hydroxylation sites is 1. The average molecular weight is 333 g/mol. The molecule has 2 N–H and O–H groups in total. The van der Waals surface area contributed by atoms with Crippen molar-refractivity contribution in [2.45, 2.75) is 38.8 Å². The molecule has 1 aliphatic rings. The van der Waals surface area contributed by atoms with E-state index in [1.54, 1.807) is 19.0 Å². The van der Waals surface area contributed by atoms with Gasteiger partial charge in [0.15, 0.2) is 0 Å². The van der Waals surface area contributed by atoms with E-state index in [0.717, 1.165) is 38.2 Å². The fourth-order valence-corrected chi connectivity index (χ4v) is 3.13. The predicted molar refractivity (Wildman–Crippen MR) is 97.9 cm³/mol. The average Bonchev–Trinajstić information content (AvgIpc) is 2.57. The minimum absolute atomic E-state index is 0.0983. The summed E-state index contributed by atoms with van der Waals surface area (Å²) < 4.78 is 0. The van der Waals surface area contributed by atoms with Crippen LogP contribution in [0.2, 0.25) is 0 Å². The first-order valence-electron chi connectivity index (χ1n) is 8.87. The summed E-state index contributed by atoms with van der Waals surface area (Å²) in [6.07, 6.45) is 2.63. The van der Waals surface area contributed by atoms with Crippen molar-refractivity contribution < 1.29 is 9.90 Å². The third-order valence-electron chi connectivity index (χ3n) is 4.76. The molecule has 134 valence electrons. The van der Waals surface area contributed by atoms with E-state index in [-0.39, 0.29) is 11.9 Å². The number of rotatable bonds is 7. The van der Waals surface area contributed by atoms with Crippen LogP contribution in [0.3, 0.4) is 0 Å².